The van der Waals surface area contributed by atoms with Crippen molar-refractivity contribution in [3.8, 4) is 0 Å². The van der Waals surface area contributed by atoms with Gasteiger partial charge in [0.05, 0.1) is 13.1 Å². The summed E-state index contributed by atoms with van der Waals surface area (Å²) in [6.45, 7) is 5.28. The summed E-state index contributed by atoms with van der Waals surface area (Å²) >= 11 is 0. The highest BCUT2D eigenvalue weighted by Gasteiger charge is 2.48. The van der Waals surface area contributed by atoms with Crippen LogP contribution in [0.3, 0.4) is 0 Å². The zero-order valence-electron chi connectivity index (χ0n) is 14.9. The van der Waals surface area contributed by atoms with E-state index in [1.54, 1.807) is 7.11 Å². The molecule has 0 saturated carbocycles. The normalized spacial score (nSPS) is 22.4. The Labute approximate surface area is 145 Å². The molecule has 1 aromatic carbocycles. The second-order valence-electron chi connectivity index (χ2n) is 7.35. The summed E-state index contributed by atoms with van der Waals surface area (Å²) in [6, 6.07) is 8.31. The minimum atomic E-state index is -0.0744. The molecule has 4 nitrogen and oxygen atoms in total. The van der Waals surface area contributed by atoms with Gasteiger partial charge in [0.15, 0.2) is 0 Å². The molecule has 0 radical (unpaired) electrons. The first kappa shape index (κ1) is 17.4. The lowest BCUT2D eigenvalue weighted by atomic mass is 9.79. The smallest absolute Gasteiger partial charge is 0.223 e. The fraction of sp³-hybridized carbons (Fsp3) is 0.650. The van der Waals surface area contributed by atoms with Crippen LogP contribution in [0, 0.1) is 12.8 Å². The van der Waals surface area contributed by atoms with E-state index in [0.717, 1.165) is 52.0 Å². The predicted molar refractivity (Wildman–Crippen MR) is 94.0 cm³/mol. The van der Waals surface area contributed by atoms with E-state index < -0.39 is 0 Å². The number of nitrogens with zero attached hydrogens (tertiary/aromatic N) is 1. The topological polar surface area (TPSA) is 38.8 Å². The van der Waals surface area contributed by atoms with Gasteiger partial charge in [-0.25, -0.2) is 0 Å². The molecule has 2 aliphatic heterocycles. The minimum Gasteiger partial charge on any atom is -0.385 e. The zero-order valence-corrected chi connectivity index (χ0v) is 14.9. The number of hydrogen-bond acceptors (Lipinski definition) is 3. The molecule has 1 aromatic rings. The minimum absolute atomic E-state index is 0.0744. The molecule has 0 aromatic heterocycles. The van der Waals surface area contributed by atoms with Gasteiger partial charge in [-0.1, -0.05) is 24.3 Å². The molecule has 2 aliphatic rings. The van der Waals surface area contributed by atoms with Crippen molar-refractivity contribution in [2.24, 2.45) is 5.92 Å². The Morgan fingerprint density at radius 3 is 2.92 bits per heavy atom. The first-order valence-corrected chi connectivity index (χ1v) is 9.07. The Hall–Kier alpha value is -1.39. The third-order valence-corrected chi connectivity index (χ3v) is 5.51. The SMILES string of the molecule is COCCC1CCOC2(C1)CN(C(=O)CCc1ccccc1C)C2. The maximum atomic E-state index is 12.4. The molecule has 4 heteroatoms. The number of hydrogen-bond donors (Lipinski definition) is 0. The molecule has 132 valence electrons. The van der Waals surface area contributed by atoms with E-state index in [4.69, 9.17) is 9.47 Å². The molecule has 2 fully saturated rings. The predicted octanol–water partition coefficient (Wildman–Crippen LogP) is 2.97. The number of ether oxygens (including phenoxy) is 2. The fourth-order valence-corrected chi connectivity index (χ4v) is 4.00. The largest absolute Gasteiger partial charge is 0.385 e. The standard InChI is InChI=1S/C20H29NO3/c1-16-5-3-4-6-18(16)7-8-19(22)21-14-20(15-21)13-17(9-11-23-2)10-12-24-20/h3-6,17H,7-15H2,1-2H3. The first-order valence-electron chi connectivity index (χ1n) is 9.07. The number of carbonyl (C=O) groups is 1. The van der Waals surface area contributed by atoms with Crippen molar-refractivity contribution >= 4 is 5.91 Å². The first-order chi connectivity index (χ1) is 11.6. The number of likely N-dealkylation sites (tertiary alicyclic amines) is 1. The lowest BCUT2D eigenvalue weighted by Gasteiger charge is -2.53. The van der Waals surface area contributed by atoms with Crippen molar-refractivity contribution in [2.45, 2.75) is 44.6 Å². The van der Waals surface area contributed by atoms with Gasteiger partial charge in [-0.15, -0.1) is 0 Å². The van der Waals surface area contributed by atoms with Gasteiger partial charge in [-0.05, 0) is 49.7 Å². The van der Waals surface area contributed by atoms with Crippen LogP contribution in [-0.2, 0) is 20.7 Å². The highest BCUT2D eigenvalue weighted by molar-refractivity contribution is 5.77. The van der Waals surface area contributed by atoms with Crippen LogP contribution >= 0.6 is 0 Å². The number of rotatable bonds is 6. The van der Waals surface area contributed by atoms with Gasteiger partial charge in [0.1, 0.15) is 5.60 Å². The van der Waals surface area contributed by atoms with Crippen LogP contribution in [0.2, 0.25) is 0 Å². The number of methoxy groups -OCH3 is 1. The van der Waals surface area contributed by atoms with E-state index in [1.807, 2.05) is 17.0 Å². The fourth-order valence-electron chi connectivity index (χ4n) is 4.00. The molecular formula is C20H29NO3. The van der Waals surface area contributed by atoms with Crippen LogP contribution in [-0.4, -0.2) is 49.8 Å². The molecule has 2 heterocycles. The van der Waals surface area contributed by atoms with Crippen molar-refractivity contribution in [3.63, 3.8) is 0 Å². The summed E-state index contributed by atoms with van der Waals surface area (Å²) in [5, 5.41) is 0. The highest BCUT2D eigenvalue weighted by atomic mass is 16.5. The van der Waals surface area contributed by atoms with Crippen molar-refractivity contribution in [1.29, 1.82) is 0 Å². The van der Waals surface area contributed by atoms with E-state index in [-0.39, 0.29) is 11.5 Å². The lowest BCUT2D eigenvalue weighted by Crippen LogP contribution is -2.66. The lowest BCUT2D eigenvalue weighted by molar-refractivity contribution is -0.189. The van der Waals surface area contributed by atoms with Crippen molar-refractivity contribution in [3.05, 3.63) is 35.4 Å². The van der Waals surface area contributed by atoms with Crippen LogP contribution in [0.1, 0.15) is 36.8 Å². The Morgan fingerprint density at radius 1 is 1.38 bits per heavy atom. The summed E-state index contributed by atoms with van der Waals surface area (Å²) in [5.74, 6) is 0.925. The summed E-state index contributed by atoms with van der Waals surface area (Å²) in [4.78, 5) is 14.4. The van der Waals surface area contributed by atoms with Crippen LogP contribution in [0.25, 0.3) is 0 Å². The van der Waals surface area contributed by atoms with Crippen molar-refractivity contribution in [1.82, 2.24) is 4.90 Å². The van der Waals surface area contributed by atoms with Gasteiger partial charge in [0.2, 0.25) is 5.91 Å². The van der Waals surface area contributed by atoms with Crippen molar-refractivity contribution in [2.75, 3.05) is 33.4 Å². The van der Waals surface area contributed by atoms with Gasteiger partial charge >= 0.3 is 0 Å². The third kappa shape index (κ3) is 3.98. The van der Waals surface area contributed by atoms with Crippen LogP contribution in [0.4, 0.5) is 0 Å². The summed E-state index contributed by atoms with van der Waals surface area (Å²) < 4.78 is 11.2. The number of aryl methyl sites for hydroxylation is 2. The summed E-state index contributed by atoms with van der Waals surface area (Å²) in [7, 11) is 1.76. The molecule has 0 bridgehead atoms. The van der Waals surface area contributed by atoms with Gasteiger partial charge < -0.3 is 14.4 Å². The maximum absolute atomic E-state index is 12.4. The van der Waals surface area contributed by atoms with Gasteiger partial charge in [0, 0.05) is 26.7 Å². The molecular weight excluding hydrogens is 302 g/mol. The second kappa shape index (κ2) is 7.66. The van der Waals surface area contributed by atoms with E-state index in [2.05, 4.69) is 19.1 Å². The molecule has 1 amide bonds. The average Bonchev–Trinajstić information content (AvgIpc) is 2.57. The quantitative estimate of drug-likeness (QED) is 0.804. The summed E-state index contributed by atoms with van der Waals surface area (Å²) in [6.07, 6.45) is 4.70. The molecule has 0 N–H and O–H groups in total. The van der Waals surface area contributed by atoms with E-state index >= 15 is 0 Å². The molecule has 1 spiro atoms. The average molecular weight is 331 g/mol. The maximum Gasteiger partial charge on any atom is 0.223 e. The van der Waals surface area contributed by atoms with Gasteiger partial charge in [0.25, 0.3) is 0 Å². The van der Waals surface area contributed by atoms with Crippen molar-refractivity contribution < 1.29 is 14.3 Å². The second-order valence-corrected chi connectivity index (χ2v) is 7.35. The summed E-state index contributed by atoms with van der Waals surface area (Å²) in [5.41, 5.74) is 2.46. The highest BCUT2D eigenvalue weighted by Crippen LogP contribution is 2.38. The molecule has 24 heavy (non-hydrogen) atoms. The van der Waals surface area contributed by atoms with E-state index in [0.29, 0.717) is 12.3 Å². The van der Waals surface area contributed by atoms with Crippen LogP contribution < -0.4 is 0 Å². The van der Waals surface area contributed by atoms with Crippen LogP contribution in [0.15, 0.2) is 24.3 Å². The Bertz CT molecular complexity index is 566. The molecule has 2 saturated heterocycles. The van der Waals surface area contributed by atoms with E-state index in [9.17, 15) is 4.79 Å². The number of amides is 1. The Kier molecular flexibility index (Phi) is 5.57. The number of carbonyl (C=O) groups excluding carboxylic acids is 1. The van der Waals surface area contributed by atoms with Crippen LogP contribution in [0.5, 0.6) is 0 Å². The van der Waals surface area contributed by atoms with Gasteiger partial charge in [-0.2, -0.15) is 0 Å². The monoisotopic (exact) mass is 331 g/mol. The molecule has 3 rings (SSSR count). The zero-order chi connectivity index (χ0) is 17.0. The molecule has 1 atom stereocenters. The molecule has 1 unspecified atom stereocenters. The Balaban J connectivity index is 1.45. The van der Waals surface area contributed by atoms with Gasteiger partial charge in [-0.3, -0.25) is 4.79 Å². The van der Waals surface area contributed by atoms with E-state index in [1.165, 1.54) is 11.1 Å². The molecule has 0 aliphatic carbocycles. The number of benzene rings is 1. The third-order valence-electron chi connectivity index (χ3n) is 5.51. The Morgan fingerprint density at radius 2 is 2.17 bits per heavy atom.